The molecule has 1 N–H and O–H groups in total. The third kappa shape index (κ3) is 2.12. The van der Waals surface area contributed by atoms with Crippen LogP contribution in [0.3, 0.4) is 0 Å². The Hall–Kier alpha value is -1.58. The number of carbonyl (C=O) groups excluding carboxylic acids is 2. The van der Waals surface area contributed by atoms with Gasteiger partial charge in [0.15, 0.2) is 11.5 Å². The van der Waals surface area contributed by atoms with Crippen molar-refractivity contribution >= 4 is 11.7 Å². The summed E-state index contributed by atoms with van der Waals surface area (Å²) in [6, 6.07) is 0.0553. The lowest BCUT2D eigenvalue weighted by Crippen LogP contribution is -2.30. The van der Waals surface area contributed by atoms with E-state index in [9.17, 15) is 9.59 Å². The molecule has 1 aromatic heterocycles. The predicted octanol–water partition coefficient (Wildman–Crippen LogP) is 2.25. The fraction of sp³-hybridized carbons (Fsp3) is 0.538. The molecule has 1 amide bonds. The van der Waals surface area contributed by atoms with Crippen molar-refractivity contribution in [3.8, 4) is 0 Å². The highest BCUT2D eigenvalue weighted by molar-refractivity contribution is 6.03. The van der Waals surface area contributed by atoms with Crippen LogP contribution in [0, 0.1) is 6.92 Å². The lowest BCUT2D eigenvalue weighted by Gasteiger charge is -2.07. The maximum atomic E-state index is 11.9. The van der Waals surface area contributed by atoms with Gasteiger partial charge in [-0.3, -0.25) is 9.59 Å². The first-order valence-electron chi connectivity index (χ1n) is 5.97. The minimum absolute atomic E-state index is 0.0553. The number of ketones is 1. The molecule has 0 unspecified atom stereocenters. The first-order chi connectivity index (χ1) is 8.00. The summed E-state index contributed by atoms with van der Waals surface area (Å²) in [5, 5.41) is 2.78. The topological polar surface area (TPSA) is 59.3 Å². The van der Waals surface area contributed by atoms with Gasteiger partial charge in [-0.05, 0) is 27.2 Å². The van der Waals surface area contributed by atoms with Crippen molar-refractivity contribution < 1.29 is 14.0 Å². The molecule has 0 atom stereocenters. The van der Waals surface area contributed by atoms with Crippen molar-refractivity contribution in [1.82, 2.24) is 5.32 Å². The highest BCUT2D eigenvalue weighted by atomic mass is 16.4. The second-order valence-corrected chi connectivity index (χ2v) is 4.76. The Morgan fingerprint density at radius 1 is 1.35 bits per heavy atom. The van der Waals surface area contributed by atoms with Crippen LogP contribution < -0.4 is 5.32 Å². The van der Waals surface area contributed by atoms with Gasteiger partial charge in [0.05, 0.1) is 5.56 Å². The molecule has 4 nitrogen and oxygen atoms in total. The Labute approximate surface area is 100 Å². The van der Waals surface area contributed by atoms with Gasteiger partial charge in [0, 0.05) is 24.4 Å². The van der Waals surface area contributed by atoms with Gasteiger partial charge < -0.3 is 9.73 Å². The van der Waals surface area contributed by atoms with Crippen molar-refractivity contribution in [3.63, 3.8) is 0 Å². The summed E-state index contributed by atoms with van der Waals surface area (Å²) >= 11 is 0. The second-order valence-electron chi connectivity index (χ2n) is 4.76. The molecule has 2 rings (SSSR count). The molecule has 0 saturated carbocycles. The van der Waals surface area contributed by atoms with E-state index in [1.165, 1.54) is 0 Å². The minimum Gasteiger partial charge on any atom is -0.455 e. The maximum Gasteiger partial charge on any atom is 0.287 e. The second kappa shape index (κ2) is 4.35. The predicted molar refractivity (Wildman–Crippen MR) is 63.3 cm³/mol. The first-order valence-corrected chi connectivity index (χ1v) is 5.97. The summed E-state index contributed by atoms with van der Waals surface area (Å²) in [6.45, 7) is 5.56. The minimum atomic E-state index is -0.236. The third-order valence-corrected chi connectivity index (χ3v) is 2.93. The molecule has 0 aromatic carbocycles. The quantitative estimate of drug-likeness (QED) is 0.855. The van der Waals surface area contributed by atoms with E-state index < -0.39 is 0 Å². The summed E-state index contributed by atoms with van der Waals surface area (Å²) < 4.78 is 5.54. The summed E-state index contributed by atoms with van der Waals surface area (Å²) in [7, 11) is 0. The Balaban J connectivity index is 2.37. The smallest absolute Gasteiger partial charge is 0.287 e. The van der Waals surface area contributed by atoms with E-state index in [0.717, 1.165) is 12.8 Å². The van der Waals surface area contributed by atoms with Crippen LogP contribution in [-0.4, -0.2) is 17.7 Å². The van der Waals surface area contributed by atoms with Gasteiger partial charge in [0.2, 0.25) is 0 Å². The molecule has 0 spiro atoms. The van der Waals surface area contributed by atoms with Crippen LogP contribution in [0.2, 0.25) is 0 Å². The average Bonchev–Trinajstić information content (AvgIpc) is 2.56. The average molecular weight is 235 g/mol. The van der Waals surface area contributed by atoms with Crippen molar-refractivity contribution in [2.24, 2.45) is 0 Å². The number of amides is 1. The van der Waals surface area contributed by atoms with Gasteiger partial charge in [-0.1, -0.05) is 0 Å². The van der Waals surface area contributed by atoms with Crippen molar-refractivity contribution in [3.05, 3.63) is 22.6 Å². The number of furan rings is 1. The summed E-state index contributed by atoms with van der Waals surface area (Å²) in [5.74, 6) is 0.822. The van der Waals surface area contributed by atoms with Gasteiger partial charge in [-0.15, -0.1) is 0 Å². The Bertz CT molecular complexity index is 471. The number of aryl methyl sites for hydroxylation is 1. The number of nitrogens with one attached hydrogen (secondary N) is 1. The van der Waals surface area contributed by atoms with E-state index >= 15 is 0 Å². The van der Waals surface area contributed by atoms with E-state index in [2.05, 4.69) is 5.32 Å². The highest BCUT2D eigenvalue weighted by Gasteiger charge is 2.28. The Kier molecular flexibility index (Phi) is 3.05. The largest absolute Gasteiger partial charge is 0.455 e. The third-order valence-electron chi connectivity index (χ3n) is 2.93. The van der Waals surface area contributed by atoms with E-state index in [-0.39, 0.29) is 17.7 Å². The molecular formula is C13H17NO3. The molecule has 0 fully saturated rings. The molecule has 92 valence electrons. The zero-order valence-corrected chi connectivity index (χ0v) is 10.4. The van der Waals surface area contributed by atoms with Crippen molar-refractivity contribution in [2.75, 3.05) is 0 Å². The molecule has 0 saturated heterocycles. The zero-order valence-electron chi connectivity index (χ0n) is 10.4. The molecule has 4 heteroatoms. The number of carbonyl (C=O) groups is 2. The van der Waals surface area contributed by atoms with Crippen LogP contribution in [0.4, 0.5) is 0 Å². The zero-order chi connectivity index (χ0) is 12.6. The van der Waals surface area contributed by atoms with Crippen LogP contribution in [0.25, 0.3) is 0 Å². The normalized spacial score (nSPS) is 14.9. The SMILES string of the molecule is Cc1c(C(=O)NC(C)C)oc2c1C(=O)CCC2. The summed E-state index contributed by atoms with van der Waals surface area (Å²) in [5.41, 5.74) is 1.31. The number of hydrogen-bond acceptors (Lipinski definition) is 3. The van der Waals surface area contributed by atoms with Gasteiger partial charge in [-0.25, -0.2) is 0 Å². The van der Waals surface area contributed by atoms with Crippen molar-refractivity contribution in [1.29, 1.82) is 0 Å². The molecule has 1 aliphatic rings. The van der Waals surface area contributed by atoms with E-state index in [1.807, 2.05) is 13.8 Å². The standard InChI is InChI=1S/C13H17NO3/c1-7(2)14-13(16)12-8(3)11-9(15)5-4-6-10(11)17-12/h7H,4-6H2,1-3H3,(H,14,16). The molecule has 0 aliphatic heterocycles. The highest BCUT2D eigenvalue weighted by Crippen LogP contribution is 2.29. The van der Waals surface area contributed by atoms with Gasteiger partial charge in [0.25, 0.3) is 5.91 Å². The number of Topliss-reactive ketones (excluding diaryl/α,β-unsaturated/α-hetero) is 1. The maximum absolute atomic E-state index is 11.9. The Morgan fingerprint density at radius 2 is 2.06 bits per heavy atom. The van der Waals surface area contributed by atoms with Crippen LogP contribution in [0.1, 0.15) is 58.9 Å². The van der Waals surface area contributed by atoms with Crippen LogP contribution in [-0.2, 0) is 6.42 Å². The van der Waals surface area contributed by atoms with E-state index in [4.69, 9.17) is 4.42 Å². The molecule has 1 aliphatic carbocycles. The van der Waals surface area contributed by atoms with Crippen molar-refractivity contribution in [2.45, 2.75) is 46.1 Å². The molecule has 0 radical (unpaired) electrons. The number of hydrogen-bond donors (Lipinski definition) is 1. The van der Waals surface area contributed by atoms with Crippen LogP contribution in [0.15, 0.2) is 4.42 Å². The number of rotatable bonds is 2. The molecule has 0 bridgehead atoms. The molecule has 17 heavy (non-hydrogen) atoms. The Morgan fingerprint density at radius 3 is 2.65 bits per heavy atom. The van der Waals surface area contributed by atoms with E-state index in [1.54, 1.807) is 6.92 Å². The van der Waals surface area contributed by atoms with Gasteiger partial charge in [0.1, 0.15) is 5.76 Å². The summed E-state index contributed by atoms with van der Waals surface area (Å²) in [4.78, 5) is 23.7. The fourth-order valence-electron chi connectivity index (χ4n) is 2.19. The summed E-state index contributed by atoms with van der Waals surface area (Å²) in [6.07, 6.45) is 2.11. The number of fused-ring (bicyclic) bond motifs is 1. The lowest BCUT2D eigenvalue weighted by atomic mass is 9.94. The van der Waals surface area contributed by atoms with Crippen LogP contribution in [0.5, 0.6) is 0 Å². The first kappa shape index (κ1) is 11.9. The van der Waals surface area contributed by atoms with E-state index in [0.29, 0.717) is 29.1 Å². The monoisotopic (exact) mass is 235 g/mol. The molecule has 1 heterocycles. The van der Waals surface area contributed by atoms with Gasteiger partial charge in [-0.2, -0.15) is 0 Å². The fourth-order valence-corrected chi connectivity index (χ4v) is 2.19. The lowest BCUT2D eigenvalue weighted by molar-refractivity contribution is 0.0909. The van der Waals surface area contributed by atoms with Gasteiger partial charge >= 0.3 is 0 Å². The molecule has 1 aromatic rings. The van der Waals surface area contributed by atoms with Crippen LogP contribution >= 0.6 is 0 Å². The molecular weight excluding hydrogens is 218 g/mol.